The van der Waals surface area contributed by atoms with E-state index in [1.54, 1.807) is 0 Å². The van der Waals surface area contributed by atoms with Gasteiger partial charge in [-0.3, -0.25) is 9.69 Å². The first-order chi connectivity index (χ1) is 15.2. The highest BCUT2D eigenvalue weighted by molar-refractivity contribution is 8.17. The SMILES string of the molecule is COC(=O)[C@H]1Cc2c([nH]c3ccccc23)[C@H](CC2SCCCS2)N1Cc1ccccc1. The Morgan fingerprint density at radius 3 is 2.61 bits per heavy atom. The molecule has 1 aromatic heterocycles. The minimum Gasteiger partial charge on any atom is -0.468 e. The molecule has 0 aliphatic carbocycles. The van der Waals surface area contributed by atoms with E-state index < -0.39 is 0 Å². The molecule has 162 valence electrons. The molecule has 5 rings (SSSR count). The van der Waals surface area contributed by atoms with Crippen molar-refractivity contribution in [1.29, 1.82) is 0 Å². The van der Waals surface area contributed by atoms with E-state index in [1.165, 1.54) is 47.2 Å². The summed E-state index contributed by atoms with van der Waals surface area (Å²) < 4.78 is 5.85. The van der Waals surface area contributed by atoms with Gasteiger partial charge in [-0.2, -0.15) is 0 Å². The highest BCUT2D eigenvalue weighted by Gasteiger charge is 2.41. The largest absolute Gasteiger partial charge is 0.468 e. The summed E-state index contributed by atoms with van der Waals surface area (Å²) in [5, 5.41) is 1.24. The van der Waals surface area contributed by atoms with Crippen LogP contribution >= 0.6 is 23.5 Å². The number of hydrogen-bond donors (Lipinski definition) is 1. The molecule has 31 heavy (non-hydrogen) atoms. The minimum absolute atomic E-state index is 0.138. The highest BCUT2D eigenvalue weighted by atomic mass is 32.2. The van der Waals surface area contributed by atoms with E-state index in [2.05, 4.69) is 81.9 Å². The number of thioether (sulfide) groups is 2. The van der Waals surface area contributed by atoms with E-state index in [4.69, 9.17) is 4.74 Å². The van der Waals surface area contributed by atoms with Crippen molar-refractivity contribution in [2.75, 3.05) is 18.6 Å². The zero-order valence-corrected chi connectivity index (χ0v) is 19.4. The number of nitrogens with one attached hydrogen (secondary N) is 1. The molecule has 2 aliphatic rings. The van der Waals surface area contributed by atoms with Crippen LogP contribution in [0.25, 0.3) is 10.9 Å². The zero-order valence-electron chi connectivity index (χ0n) is 17.8. The van der Waals surface area contributed by atoms with Crippen molar-refractivity contribution in [1.82, 2.24) is 9.88 Å². The van der Waals surface area contributed by atoms with Crippen molar-refractivity contribution >= 4 is 40.4 Å². The third-order valence-corrected chi connectivity index (χ3v) is 9.36. The van der Waals surface area contributed by atoms with E-state index in [9.17, 15) is 4.79 Å². The van der Waals surface area contributed by atoms with E-state index in [-0.39, 0.29) is 18.1 Å². The number of aromatic nitrogens is 1. The summed E-state index contributed by atoms with van der Waals surface area (Å²) in [6.07, 6.45) is 2.99. The van der Waals surface area contributed by atoms with E-state index >= 15 is 0 Å². The number of carbonyl (C=O) groups excluding carboxylic acids is 1. The lowest BCUT2D eigenvalue weighted by atomic mass is 9.89. The second-order valence-corrected chi connectivity index (χ2v) is 11.2. The number of carbonyl (C=O) groups is 1. The van der Waals surface area contributed by atoms with Crippen molar-refractivity contribution in [2.24, 2.45) is 0 Å². The number of hydrogen-bond acceptors (Lipinski definition) is 5. The quantitative estimate of drug-likeness (QED) is 0.526. The van der Waals surface area contributed by atoms with Crippen LogP contribution in [0, 0.1) is 0 Å². The Morgan fingerprint density at radius 1 is 1.10 bits per heavy atom. The van der Waals surface area contributed by atoms with Gasteiger partial charge in [0.2, 0.25) is 0 Å². The molecule has 0 saturated carbocycles. The van der Waals surface area contributed by atoms with Crippen LogP contribution < -0.4 is 0 Å². The summed E-state index contributed by atoms with van der Waals surface area (Å²) in [4.78, 5) is 19.1. The lowest BCUT2D eigenvalue weighted by Crippen LogP contribution is -2.48. The fourth-order valence-electron chi connectivity index (χ4n) is 4.90. The Kier molecular flexibility index (Phi) is 6.30. The average Bonchev–Trinajstić information content (AvgIpc) is 3.20. The predicted octanol–water partition coefficient (Wildman–Crippen LogP) is 5.40. The monoisotopic (exact) mass is 452 g/mol. The van der Waals surface area contributed by atoms with Gasteiger partial charge in [0.25, 0.3) is 0 Å². The van der Waals surface area contributed by atoms with Gasteiger partial charge in [0.15, 0.2) is 0 Å². The topological polar surface area (TPSA) is 45.3 Å². The van der Waals surface area contributed by atoms with Gasteiger partial charge in [-0.15, -0.1) is 23.5 Å². The Bertz CT molecular complexity index is 1050. The summed E-state index contributed by atoms with van der Waals surface area (Å²) >= 11 is 4.14. The molecule has 0 unspecified atom stereocenters. The Labute approximate surface area is 192 Å². The summed E-state index contributed by atoms with van der Waals surface area (Å²) in [6, 6.07) is 18.8. The molecule has 2 aliphatic heterocycles. The fraction of sp³-hybridized carbons (Fsp3) is 0.400. The number of H-pyrrole nitrogens is 1. The second-order valence-electron chi connectivity index (χ2n) is 8.24. The number of methoxy groups -OCH3 is 1. The molecule has 3 aromatic rings. The summed E-state index contributed by atoms with van der Waals surface area (Å²) in [5.41, 5.74) is 4.95. The molecule has 2 aromatic carbocycles. The van der Waals surface area contributed by atoms with Crippen LogP contribution in [0.15, 0.2) is 54.6 Å². The van der Waals surface area contributed by atoms with Gasteiger partial charge < -0.3 is 9.72 Å². The first kappa shape index (κ1) is 21.0. The number of para-hydroxylation sites is 1. The molecule has 2 atom stereocenters. The fourth-order valence-corrected chi connectivity index (χ4v) is 7.83. The van der Waals surface area contributed by atoms with Crippen LogP contribution in [0.2, 0.25) is 0 Å². The van der Waals surface area contributed by atoms with Crippen molar-refractivity contribution in [3.8, 4) is 0 Å². The van der Waals surface area contributed by atoms with E-state index in [0.717, 1.165) is 18.5 Å². The van der Waals surface area contributed by atoms with Gasteiger partial charge in [-0.1, -0.05) is 48.5 Å². The summed E-state index contributed by atoms with van der Waals surface area (Å²) in [6.45, 7) is 0.738. The van der Waals surface area contributed by atoms with Gasteiger partial charge >= 0.3 is 5.97 Å². The summed E-state index contributed by atoms with van der Waals surface area (Å²) in [5.74, 6) is 2.31. The average molecular weight is 453 g/mol. The van der Waals surface area contributed by atoms with Crippen LogP contribution in [0.4, 0.5) is 0 Å². The number of nitrogens with zero attached hydrogens (tertiary/aromatic N) is 1. The smallest absolute Gasteiger partial charge is 0.323 e. The molecule has 0 spiro atoms. The number of ether oxygens (including phenoxy) is 1. The Hall–Kier alpha value is -1.89. The van der Waals surface area contributed by atoms with Crippen LogP contribution in [0.3, 0.4) is 0 Å². The third-order valence-electron chi connectivity index (χ3n) is 6.37. The maximum absolute atomic E-state index is 13.0. The molecule has 0 bridgehead atoms. The van der Waals surface area contributed by atoms with Crippen molar-refractivity contribution in [3.63, 3.8) is 0 Å². The van der Waals surface area contributed by atoms with E-state index in [0.29, 0.717) is 11.0 Å². The van der Waals surface area contributed by atoms with Crippen molar-refractivity contribution in [3.05, 3.63) is 71.4 Å². The van der Waals surface area contributed by atoms with Crippen LogP contribution in [-0.4, -0.2) is 45.1 Å². The first-order valence-electron chi connectivity index (χ1n) is 10.9. The predicted molar refractivity (Wildman–Crippen MR) is 130 cm³/mol. The maximum Gasteiger partial charge on any atom is 0.323 e. The van der Waals surface area contributed by atoms with Gasteiger partial charge in [-0.05, 0) is 41.5 Å². The number of aromatic amines is 1. The van der Waals surface area contributed by atoms with Crippen molar-refractivity contribution < 1.29 is 9.53 Å². The molecule has 6 heteroatoms. The van der Waals surface area contributed by atoms with Gasteiger partial charge in [0.05, 0.1) is 17.7 Å². The minimum atomic E-state index is -0.277. The third kappa shape index (κ3) is 4.26. The molecule has 4 nitrogen and oxygen atoms in total. The van der Waals surface area contributed by atoms with Crippen LogP contribution in [-0.2, 0) is 22.5 Å². The molecular formula is C25H28N2O2S2. The highest BCUT2D eigenvalue weighted by Crippen LogP contribution is 2.45. The first-order valence-corrected chi connectivity index (χ1v) is 13.0. The lowest BCUT2D eigenvalue weighted by molar-refractivity contribution is -0.149. The van der Waals surface area contributed by atoms with Crippen LogP contribution in [0.1, 0.15) is 35.7 Å². The maximum atomic E-state index is 13.0. The number of esters is 1. The molecule has 3 heterocycles. The number of fused-ring (bicyclic) bond motifs is 3. The second kappa shape index (κ2) is 9.31. The van der Waals surface area contributed by atoms with Gasteiger partial charge in [0.1, 0.15) is 6.04 Å². The van der Waals surface area contributed by atoms with E-state index in [1.807, 2.05) is 6.07 Å². The Morgan fingerprint density at radius 2 is 1.84 bits per heavy atom. The van der Waals surface area contributed by atoms with Gasteiger partial charge in [-0.25, -0.2) is 0 Å². The normalized spacial score (nSPS) is 22.4. The molecule has 1 fully saturated rings. The number of rotatable bonds is 5. The Balaban J connectivity index is 1.59. The lowest BCUT2D eigenvalue weighted by Gasteiger charge is -2.42. The molecule has 1 saturated heterocycles. The van der Waals surface area contributed by atoms with Crippen LogP contribution in [0.5, 0.6) is 0 Å². The van der Waals surface area contributed by atoms with Crippen molar-refractivity contribution in [2.45, 2.75) is 42.5 Å². The number of benzene rings is 2. The standard InChI is InChI=1S/C25H28N2O2S2/c1-29-25(28)22-14-19-18-10-5-6-11-20(18)26-24(19)21(15-23-30-12-7-13-31-23)27(22)16-17-8-3-2-4-9-17/h2-6,8-11,21-23,26H,7,12-16H2,1H3/t21-,22+/m0/s1. The molecule has 1 N–H and O–H groups in total. The zero-order chi connectivity index (χ0) is 21.2. The summed E-state index contributed by atoms with van der Waals surface area (Å²) in [7, 11) is 1.51. The molecule has 0 amide bonds. The molecular weight excluding hydrogens is 424 g/mol. The molecule has 0 radical (unpaired) electrons. The van der Waals surface area contributed by atoms with Gasteiger partial charge in [0, 0.05) is 29.6 Å².